The van der Waals surface area contributed by atoms with Crippen LogP contribution in [0.15, 0.2) is 36.5 Å². The monoisotopic (exact) mass is 920 g/mol. The van der Waals surface area contributed by atoms with Gasteiger partial charge in [-0.15, -0.1) is 0 Å². The van der Waals surface area contributed by atoms with Gasteiger partial charge in [0.1, 0.15) is 24.4 Å². The van der Waals surface area contributed by atoms with E-state index in [2.05, 4.69) is 43.5 Å². The minimum atomic E-state index is -1.57. The molecule has 0 saturated carbocycles. The molecule has 1 fully saturated rings. The van der Waals surface area contributed by atoms with Gasteiger partial charge in [0.25, 0.3) is 0 Å². The van der Waals surface area contributed by atoms with Crippen molar-refractivity contribution in [2.45, 2.75) is 301 Å². The molecule has 9 nitrogen and oxygen atoms in total. The molecule has 0 aliphatic carbocycles. The number of amides is 1. The third kappa shape index (κ3) is 36.1. The van der Waals surface area contributed by atoms with Gasteiger partial charge in [0.15, 0.2) is 6.29 Å². The van der Waals surface area contributed by atoms with E-state index in [1.54, 1.807) is 6.08 Å². The summed E-state index contributed by atoms with van der Waals surface area (Å²) in [6.45, 7) is 3.74. The van der Waals surface area contributed by atoms with Crippen LogP contribution in [0, 0.1) is 0 Å². The quantitative estimate of drug-likeness (QED) is 0.0261. The molecule has 1 heterocycles. The zero-order chi connectivity index (χ0) is 47.3. The Kier molecular flexibility index (Phi) is 43.6. The number of hydrogen-bond acceptors (Lipinski definition) is 8. The fourth-order valence-electron chi connectivity index (χ4n) is 8.76. The highest BCUT2D eigenvalue weighted by Crippen LogP contribution is 2.23. The van der Waals surface area contributed by atoms with Gasteiger partial charge in [-0.3, -0.25) is 4.79 Å². The van der Waals surface area contributed by atoms with Crippen molar-refractivity contribution in [1.29, 1.82) is 0 Å². The van der Waals surface area contributed by atoms with Crippen LogP contribution in [-0.2, 0) is 14.3 Å². The standard InChI is InChI=1S/C56H105NO8/c1-3-5-7-9-11-13-15-16-17-18-19-20-21-22-23-24-25-26-27-28-29-30-31-32-33-34-36-38-40-42-44-46-52(60)57-49(48-64-56-55(63)54(62)53(61)51(47-58)65-56)50(59)45-43-41-39-37-35-14-12-10-8-6-4-2/h18-19,35,37,43,45,49-51,53-56,58-59,61-63H,3-17,20-34,36,38-42,44,46-48H2,1-2H3,(H,57,60)/b19-18-,37-35+,45-43+. The Bertz CT molecular complexity index is 1110. The molecule has 1 saturated heterocycles. The van der Waals surface area contributed by atoms with E-state index in [4.69, 9.17) is 9.47 Å². The second-order valence-corrected chi connectivity index (χ2v) is 19.4. The van der Waals surface area contributed by atoms with Crippen LogP contribution < -0.4 is 5.32 Å². The van der Waals surface area contributed by atoms with E-state index >= 15 is 0 Å². The van der Waals surface area contributed by atoms with Gasteiger partial charge in [0, 0.05) is 6.42 Å². The molecule has 1 rings (SSSR count). The minimum absolute atomic E-state index is 0.185. The SMILES string of the molecule is CCCCCCC/C=C/CC/C=C/C(O)C(COC1OC(CO)C(O)C(O)C1O)NC(=O)CCCCCCCCCCCCCCCCCCCCC/C=C\CCCCCCCCCC. The maximum atomic E-state index is 13.0. The lowest BCUT2D eigenvalue weighted by molar-refractivity contribution is -0.302. The molecule has 1 aliphatic rings. The van der Waals surface area contributed by atoms with Crippen LogP contribution >= 0.6 is 0 Å². The topological polar surface area (TPSA) is 149 Å². The number of hydrogen-bond donors (Lipinski definition) is 6. The van der Waals surface area contributed by atoms with Crippen molar-refractivity contribution in [3.8, 4) is 0 Å². The lowest BCUT2D eigenvalue weighted by atomic mass is 9.99. The molecule has 382 valence electrons. The van der Waals surface area contributed by atoms with Crippen molar-refractivity contribution < 1.29 is 39.8 Å². The van der Waals surface area contributed by atoms with E-state index in [9.17, 15) is 30.3 Å². The molecule has 7 atom stereocenters. The third-order valence-electron chi connectivity index (χ3n) is 13.2. The Labute approximate surface area is 400 Å². The third-order valence-corrected chi connectivity index (χ3v) is 13.2. The summed E-state index contributed by atoms with van der Waals surface area (Å²) in [5.74, 6) is -0.185. The highest BCUT2D eigenvalue weighted by molar-refractivity contribution is 5.76. The highest BCUT2D eigenvalue weighted by Gasteiger charge is 2.44. The number of carbonyl (C=O) groups is 1. The van der Waals surface area contributed by atoms with Crippen molar-refractivity contribution >= 4 is 5.91 Å². The first-order chi connectivity index (χ1) is 31.8. The Morgan fingerprint density at radius 2 is 0.877 bits per heavy atom. The fourth-order valence-corrected chi connectivity index (χ4v) is 8.76. The molecule has 0 aromatic carbocycles. The van der Waals surface area contributed by atoms with E-state index in [1.165, 1.54) is 199 Å². The summed E-state index contributed by atoms with van der Waals surface area (Å²) in [5.41, 5.74) is 0. The normalized spacial score (nSPS) is 20.1. The number of nitrogens with one attached hydrogen (secondary N) is 1. The van der Waals surface area contributed by atoms with Crippen LogP contribution in [-0.4, -0.2) is 87.5 Å². The number of allylic oxidation sites excluding steroid dienone is 5. The zero-order valence-electron chi connectivity index (χ0n) is 42.3. The van der Waals surface area contributed by atoms with Crippen molar-refractivity contribution in [2.24, 2.45) is 0 Å². The van der Waals surface area contributed by atoms with Gasteiger partial charge in [-0.05, 0) is 57.8 Å². The largest absolute Gasteiger partial charge is 0.394 e. The number of aliphatic hydroxyl groups is 5. The molecule has 6 N–H and O–H groups in total. The molecular formula is C56H105NO8. The van der Waals surface area contributed by atoms with Crippen LogP contribution in [0.4, 0.5) is 0 Å². The predicted molar refractivity (Wildman–Crippen MR) is 272 cm³/mol. The number of ether oxygens (including phenoxy) is 2. The van der Waals surface area contributed by atoms with Crippen molar-refractivity contribution in [3.05, 3.63) is 36.5 Å². The molecule has 7 unspecified atom stereocenters. The summed E-state index contributed by atoms with van der Waals surface area (Å²) in [7, 11) is 0. The van der Waals surface area contributed by atoms with E-state index < -0.39 is 49.5 Å². The van der Waals surface area contributed by atoms with Crippen LogP contribution in [0.2, 0.25) is 0 Å². The molecule has 0 aromatic rings. The first-order valence-electron chi connectivity index (χ1n) is 27.7. The molecular weight excluding hydrogens is 815 g/mol. The summed E-state index contributed by atoms with van der Waals surface area (Å²) in [6, 6.07) is -0.818. The minimum Gasteiger partial charge on any atom is -0.394 e. The Balaban J connectivity index is 2.12. The van der Waals surface area contributed by atoms with Gasteiger partial charge >= 0.3 is 0 Å². The molecule has 0 spiro atoms. The zero-order valence-corrected chi connectivity index (χ0v) is 42.3. The molecule has 65 heavy (non-hydrogen) atoms. The van der Waals surface area contributed by atoms with Gasteiger partial charge in [-0.1, -0.05) is 230 Å². The molecule has 0 aromatic heterocycles. The van der Waals surface area contributed by atoms with E-state index in [-0.39, 0.29) is 12.5 Å². The lowest BCUT2D eigenvalue weighted by Crippen LogP contribution is -2.60. The fraction of sp³-hybridized carbons (Fsp3) is 0.875. The van der Waals surface area contributed by atoms with E-state index in [0.717, 1.165) is 38.5 Å². The van der Waals surface area contributed by atoms with Crippen molar-refractivity contribution in [3.63, 3.8) is 0 Å². The molecule has 0 radical (unpaired) electrons. The van der Waals surface area contributed by atoms with Crippen LogP contribution in [0.3, 0.4) is 0 Å². The van der Waals surface area contributed by atoms with Crippen LogP contribution in [0.5, 0.6) is 0 Å². The maximum Gasteiger partial charge on any atom is 0.220 e. The number of unbranched alkanes of at least 4 members (excludes halogenated alkanes) is 33. The molecule has 0 bridgehead atoms. The summed E-state index contributed by atoms with van der Waals surface area (Å²) < 4.78 is 11.2. The Morgan fingerprint density at radius 1 is 0.508 bits per heavy atom. The first kappa shape index (κ1) is 61.4. The number of rotatable bonds is 47. The van der Waals surface area contributed by atoms with Gasteiger partial charge < -0.3 is 40.3 Å². The van der Waals surface area contributed by atoms with Gasteiger partial charge in [-0.2, -0.15) is 0 Å². The number of aliphatic hydroxyl groups excluding tert-OH is 5. The van der Waals surface area contributed by atoms with Crippen molar-refractivity contribution in [2.75, 3.05) is 13.2 Å². The predicted octanol–water partition coefficient (Wildman–Crippen LogP) is 13.2. The Morgan fingerprint density at radius 3 is 1.29 bits per heavy atom. The van der Waals surface area contributed by atoms with Crippen molar-refractivity contribution in [1.82, 2.24) is 5.32 Å². The lowest BCUT2D eigenvalue weighted by Gasteiger charge is -2.40. The first-order valence-corrected chi connectivity index (χ1v) is 27.7. The van der Waals surface area contributed by atoms with Crippen LogP contribution in [0.25, 0.3) is 0 Å². The van der Waals surface area contributed by atoms with Gasteiger partial charge in [0.2, 0.25) is 5.91 Å². The average molecular weight is 920 g/mol. The Hall–Kier alpha value is -1.59. The average Bonchev–Trinajstić information content (AvgIpc) is 3.31. The number of carbonyl (C=O) groups excluding carboxylic acids is 1. The maximum absolute atomic E-state index is 13.0. The second-order valence-electron chi connectivity index (χ2n) is 19.4. The summed E-state index contributed by atoms with van der Waals surface area (Å²) >= 11 is 0. The summed E-state index contributed by atoms with van der Waals surface area (Å²) in [5, 5.41) is 54.2. The van der Waals surface area contributed by atoms with E-state index in [1.807, 2.05) is 6.08 Å². The van der Waals surface area contributed by atoms with Gasteiger partial charge in [0.05, 0.1) is 25.4 Å². The summed E-state index contributed by atoms with van der Waals surface area (Å²) in [6.07, 6.45) is 52.3. The smallest absolute Gasteiger partial charge is 0.220 e. The van der Waals surface area contributed by atoms with Crippen LogP contribution in [0.1, 0.15) is 258 Å². The van der Waals surface area contributed by atoms with Gasteiger partial charge in [-0.25, -0.2) is 0 Å². The second kappa shape index (κ2) is 46.2. The molecule has 1 amide bonds. The van der Waals surface area contributed by atoms with E-state index in [0.29, 0.717) is 6.42 Å². The molecule has 9 heteroatoms. The summed E-state index contributed by atoms with van der Waals surface area (Å²) in [4.78, 5) is 13.0. The molecule has 1 aliphatic heterocycles. The highest BCUT2D eigenvalue weighted by atomic mass is 16.7.